The lowest BCUT2D eigenvalue weighted by Gasteiger charge is -2.07. The maximum Gasteiger partial charge on any atom is 0.304 e. The second kappa shape index (κ2) is 4.50. The van der Waals surface area contributed by atoms with Gasteiger partial charge in [0.25, 0.3) is 0 Å². The molecule has 1 aromatic rings. The van der Waals surface area contributed by atoms with Crippen molar-refractivity contribution in [2.75, 3.05) is 0 Å². The van der Waals surface area contributed by atoms with Crippen LogP contribution in [0.25, 0.3) is 0 Å². The molecule has 1 unspecified atom stereocenters. The summed E-state index contributed by atoms with van der Waals surface area (Å²) in [5, 5.41) is 8.57. The summed E-state index contributed by atoms with van der Waals surface area (Å²) >= 11 is 0. The molecule has 0 aliphatic carbocycles. The third-order valence-electron chi connectivity index (χ3n) is 1.93. The Morgan fingerprint density at radius 2 is 2.43 bits per heavy atom. The smallest absolute Gasteiger partial charge is 0.304 e. The van der Waals surface area contributed by atoms with Crippen LogP contribution in [0, 0.1) is 0 Å². The van der Waals surface area contributed by atoms with E-state index < -0.39 is 5.97 Å². The Morgan fingerprint density at radius 3 is 3.00 bits per heavy atom. The Balaban J connectivity index is 2.83. The average molecular weight is 193 g/mol. The number of aldehydes is 1. The van der Waals surface area contributed by atoms with Gasteiger partial charge in [-0.25, -0.2) is 0 Å². The standard InChI is InChI=1S/C10H11NO3/c1-7(4-10(13)14)9-5-8(6-12)2-3-11-9/h2-3,5-7H,4H2,1H3,(H,13,14). The Bertz CT molecular complexity index is 349. The van der Waals surface area contributed by atoms with Gasteiger partial charge in [-0.1, -0.05) is 6.92 Å². The molecule has 0 aromatic carbocycles. The molecular weight excluding hydrogens is 182 g/mol. The van der Waals surface area contributed by atoms with Gasteiger partial charge in [0.1, 0.15) is 6.29 Å². The van der Waals surface area contributed by atoms with Crippen molar-refractivity contribution in [3.8, 4) is 0 Å². The monoisotopic (exact) mass is 193 g/mol. The Hall–Kier alpha value is -1.71. The van der Waals surface area contributed by atoms with Crippen LogP contribution >= 0.6 is 0 Å². The molecule has 0 radical (unpaired) electrons. The summed E-state index contributed by atoms with van der Waals surface area (Å²) in [6, 6.07) is 3.20. The predicted molar refractivity (Wildman–Crippen MR) is 50.3 cm³/mol. The zero-order valence-corrected chi connectivity index (χ0v) is 7.80. The minimum absolute atomic E-state index is 0.0231. The third kappa shape index (κ3) is 2.65. The number of rotatable bonds is 4. The first-order chi connectivity index (χ1) is 6.63. The fourth-order valence-electron chi connectivity index (χ4n) is 1.17. The van der Waals surface area contributed by atoms with E-state index >= 15 is 0 Å². The topological polar surface area (TPSA) is 67.3 Å². The summed E-state index contributed by atoms with van der Waals surface area (Å²) in [5.74, 6) is -1.04. The Morgan fingerprint density at radius 1 is 1.71 bits per heavy atom. The first-order valence-electron chi connectivity index (χ1n) is 4.26. The molecule has 1 rings (SSSR count). The number of nitrogens with zero attached hydrogens (tertiary/aromatic N) is 1. The van der Waals surface area contributed by atoms with Crippen molar-refractivity contribution < 1.29 is 14.7 Å². The minimum atomic E-state index is -0.865. The van der Waals surface area contributed by atoms with Crippen molar-refractivity contribution in [3.63, 3.8) is 0 Å². The van der Waals surface area contributed by atoms with Crippen LogP contribution in [0.3, 0.4) is 0 Å². The molecule has 4 nitrogen and oxygen atoms in total. The summed E-state index contributed by atoms with van der Waals surface area (Å²) in [7, 11) is 0. The van der Waals surface area contributed by atoms with Gasteiger partial charge < -0.3 is 5.11 Å². The molecule has 0 amide bonds. The van der Waals surface area contributed by atoms with Gasteiger partial charge in [0.2, 0.25) is 0 Å². The highest BCUT2D eigenvalue weighted by atomic mass is 16.4. The molecule has 4 heteroatoms. The number of aromatic nitrogens is 1. The van der Waals surface area contributed by atoms with Gasteiger partial charge in [-0.2, -0.15) is 0 Å². The lowest BCUT2D eigenvalue weighted by Crippen LogP contribution is -2.04. The van der Waals surface area contributed by atoms with Gasteiger partial charge in [0.15, 0.2) is 0 Å². The molecule has 1 N–H and O–H groups in total. The van der Waals surface area contributed by atoms with E-state index in [1.807, 2.05) is 0 Å². The number of aliphatic carboxylic acids is 1. The quantitative estimate of drug-likeness (QED) is 0.735. The van der Waals surface area contributed by atoms with Gasteiger partial charge in [-0.05, 0) is 12.1 Å². The summed E-state index contributed by atoms with van der Waals surface area (Å²) in [6.45, 7) is 1.77. The summed E-state index contributed by atoms with van der Waals surface area (Å²) in [5.41, 5.74) is 1.16. The molecule has 14 heavy (non-hydrogen) atoms. The van der Waals surface area contributed by atoms with Crippen LogP contribution in [0.15, 0.2) is 18.3 Å². The fraction of sp³-hybridized carbons (Fsp3) is 0.300. The molecule has 0 aliphatic heterocycles. The first kappa shape index (κ1) is 10.4. The maximum atomic E-state index is 10.5. The van der Waals surface area contributed by atoms with Gasteiger partial charge in [-0.3, -0.25) is 14.6 Å². The van der Waals surface area contributed by atoms with E-state index in [4.69, 9.17) is 5.11 Å². The maximum absolute atomic E-state index is 10.5. The van der Waals surface area contributed by atoms with E-state index in [1.54, 1.807) is 19.1 Å². The van der Waals surface area contributed by atoms with Crippen LogP contribution in [0.5, 0.6) is 0 Å². The van der Waals surface area contributed by atoms with Crippen LogP contribution in [-0.4, -0.2) is 22.3 Å². The molecule has 74 valence electrons. The predicted octanol–water partition coefficient (Wildman–Crippen LogP) is 1.47. The molecule has 1 aromatic heterocycles. The third-order valence-corrected chi connectivity index (χ3v) is 1.93. The van der Waals surface area contributed by atoms with E-state index in [1.165, 1.54) is 6.20 Å². The van der Waals surface area contributed by atoms with Crippen LogP contribution < -0.4 is 0 Å². The first-order valence-corrected chi connectivity index (χ1v) is 4.26. The van der Waals surface area contributed by atoms with E-state index in [9.17, 15) is 9.59 Å². The molecule has 0 saturated heterocycles. The molecule has 0 saturated carbocycles. The summed E-state index contributed by atoms with van der Waals surface area (Å²) in [6.07, 6.45) is 2.26. The van der Waals surface area contributed by atoms with Crippen LogP contribution in [0.1, 0.15) is 35.3 Å². The van der Waals surface area contributed by atoms with Gasteiger partial charge in [0.05, 0.1) is 6.42 Å². The van der Waals surface area contributed by atoms with Crippen molar-refractivity contribution in [2.24, 2.45) is 0 Å². The minimum Gasteiger partial charge on any atom is -0.481 e. The fourth-order valence-corrected chi connectivity index (χ4v) is 1.17. The van der Waals surface area contributed by atoms with Crippen molar-refractivity contribution in [1.29, 1.82) is 0 Å². The van der Waals surface area contributed by atoms with Crippen molar-refractivity contribution in [1.82, 2.24) is 4.98 Å². The number of hydrogen-bond acceptors (Lipinski definition) is 3. The highest BCUT2D eigenvalue weighted by Gasteiger charge is 2.11. The molecule has 0 aliphatic rings. The number of hydrogen-bond donors (Lipinski definition) is 1. The highest BCUT2D eigenvalue weighted by Crippen LogP contribution is 2.16. The SMILES string of the molecule is CC(CC(=O)O)c1cc(C=O)ccn1. The van der Waals surface area contributed by atoms with E-state index in [-0.39, 0.29) is 12.3 Å². The Kier molecular flexibility index (Phi) is 3.34. The number of carboxylic acids is 1. The number of carboxylic acid groups (broad SMARTS) is 1. The molecule has 0 spiro atoms. The largest absolute Gasteiger partial charge is 0.481 e. The lowest BCUT2D eigenvalue weighted by molar-refractivity contribution is -0.137. The van der Waals surface area contributed by atoms with Gasteiger partial charge in [0, 0.05) is 23.4 Å². The average Bonchev–Trinajstić information content (AvgIpc) is 2.17. The molecular formula is C10H11NO3. The summed E-state index contributed by atoms with van der Waals surface area (Å²) in [4.78, 5) is 24.9. The Labute approximate surface area is 81.6 Å². The van der Waals surface area contributed by atoms with E-state index in [0.29, 0.717) is 11.3 Å². The van der Waals surface area contributed by atoms with Crippen molar-refractivity contribution >= 4 is 12.3 Å². The number of carbonyl (C=O) groups is 2. The van der Waals surface area contributed by atoms with E-state index in [2.05, 4.69) is 4.98 Å². The van der Waals surface area contributed by atoms with E-state index in [0.717, 1.165) is 6.29 Å². The number of pyridine rings is 1. The second-order valence-corrected chi connectivity index (χ2v) is 3.13. The number of carbonyl (C=O) groups excluding carboxylic acids is 1. The van der Waals surface area contributed by atoms with Crippen LogP contribution in [0.4, 0.5) is 0 Å². The zero-order valence-electron chi connectivity index (χ0n) is 7.80. The van der Waals surface area contributed by atoms with Crippen LogP contribution in [-0.2, 0) is 4.79 Å². The lowest BCUT2D eigenvalue weighted by atomic mass is 10.0. The summed E-state index contributed by atoms with van der Waals surface area (Å²) < 4.78 is 0. The van der Waals surface area contributed by atoms with Crippen molar-refractivity contribution in [3.05, 3.63) is 29.6 Å². The van der Waals surface area contributed by atoms with Gasteiger partial charge in [-0.15, -0.1) is 0 Å². The zero-order chi connectivity index (χ0) is 10.6. The molecule has 1 atom stereocenters. The molecule has 0 bridgehead atoms. The van der Waals surface area contributed by atoms with Gasteiger partial charge >= 0.3 is 5.97 Å². The van der Waals surface area contributed by atoms with Crippen LogP contribution in [0.2, 0.25) is 0 Å². The molecule has 0 fully saturated rings. The van der Waals surface area contributed by atoms with Crippen molar-refractivity contribution in [2.45, 2.75) is 19.3 Å². The second-order valence-electron chi connectivity index (χ2n) is 3.13. The highest BCUT2D eigenvalue weighted by molar-refractivity contribution is 5.74. The normalized spacial score (nSPS) is 12.1. The molecule has 1 heterocycles.